The normalized spacial score (nSPS) is 11.7. The van der Waals surface area contributed by atoms with Crippen molar-refractivity contribution in [3.63, 3.8) is 0 Å². The number of carbonyl (C=O) groups is 3. The van der Waals surface area contributed by atoms with Gasteiger partial charge in [0.2, 0.25) is 11.8 Å². The van der Waals surface area contributed by atoms with Gasteiger partial charge in [-0.2, -0.15) is 0 Å². The molecule has 0 rings (SSSR count). The Morgan fingerprint density at radius 2 is 1.78 bits per heavy atom. The Balaban J connectivity index is 4.02. The smallest absolute Gasteiger partial charge is 0.239 e. The SMILES string of the molecule is CCCCC(NC(=O)CNC(=O)CNC)C(C)=O. The van der Waals surface area contributed by atoms with Crippen LogP contribution >= 0.6 is 0 Å². The van der Waals surface area contributed by atoms with Crippen molar-refractivity contribution in [3.05, 3.63) is 0 Å². The lowest BCUT2D eigenvalue weighted by Crippen LogP contribution is -2.46. The fraction of sp³-hybridized carbons (Fsp3) is 0.750. The number of nitrogens with one attached hydrogen (secondary N) is 3. The minimum Gasteiger partial charge on any atom is -0.346 e. The summed E-state index contributed by atoms with van der Waals surface area (Å²) in [6.45, 7) is 3.55. The molecule has 6 heteroatoms. The number of amides is 2. The van der Waals surface area contributed by atoms with Gasteiger partial charge in [-0.25, -0.2) is 0 Å². The fourth-order valence-corrected chi connectivity index (χ4v) is 1.43. The molecule has 0 saturated heterocycles. The second-order valence-electron chi connectivity index (χ2n) is 4.18. The second-order valence-corrected chi connectivity index (χ2v) is 4.18. The Morgan fingerprint density at radius 3 is 2.28 bits per heavy atom. The zero-order valence-electron chi connectivity index (χ0n) is 11.3. The van der Waals surface area contributed by atoms with Gasteiger partial charge >= 0.3 is 0 Å². The lowest BCUT2D eigenvalue weighted by Gasteiger charge is -2.15. The molecule has 0 aliphatic rings. The number of rotatable bonds is 9. The summed E-state index contributed by atoms with van der Waals surface area (Å²) in [6, 6.07) is -0.446. The van der Waals surface area contributed by atoms with Gasteiger partial charge < -0.3 is 16.0 Å². The molecule has 0 fully saturated rings. The first kappa shape index (κ1) is 16.6. The van der Waals surface area contributed by atoms with Crippen molar-refractivity contribution in [1.82, 2.24) is 16.0 Å². The lowest BCUT2D eigenvalue weighted by molar-refractivity contribution is -0.128. The van der Waals surface area contributed by atoms with Crippen LogP contribution in [0.25, 0.3) is 0 Å². The molecule has 0 aromatic rings. The van der Waals surface area contributed by atoms with Crippen LogP contribution in [0.2, 0.25) is 0 Å². The number of carbonyl (C=O) groups excluding carboxylic acids is 3. The van der Waals surface area contributed by atoms with Gasteiger partial charge in [0.1, 0.15) is 0 Å². The molecule has 3 N–H and O–H groups in total. The molecule has 6 nitrogen and oxygen atoms in total. The molecule has 0 bridgehead atoms. The summed E-state index contributed by atoms with van der Waals surface area (Å²) in [5, 5.41) is 7.76. The van der Waals surface area contributed by atoms with Crippen LogP contribution in [0.1, 0.15) is 33.1 Å². The van der Waals surface area contributed by atoms with E-state index in [1.807, 2.05) is 6.92 Å². The van der Waals surface area contributed by atoms with Crippen LogP contribution in [-0.4, -0.2) is 43.8 Å². The Kier molecular flexibility index (Phi) is 8.82. The molecule has 0 saturated carbocycles. The van der Waals surface area contributed by atoms with Crippen molar-refractivity contribution in [2.45, 2.75) is 39.2 Å². The molecular formula is C12H23N3O3. The number of unbranched alkanes of at least 4 members (excludes halogenated alkanes) is 1. The van der Waals surface area contributed by atoms with E-state index in [1.54, 1.807) is 7.05 Å². The first-order chi connectivity index (χ1) is 8.51. The molecule has 0 spiro atoms. The van der Waals surface area contributed by atoms with Gasteiger partial charge in [0.05, 0.1) is 19.1 Å². The van der Waals surface area contributed by atoms with Crippen molar-refractivity contribution in [1.29, 1.82) is 0 Å². The van der Waals surface area contributed by atoms with Gasteiger partial charge in [-0.1, -0.05) is 19.8 Å². The van der Waals surface area contributed by atoms with E-state index >= 15 is 0 Å². The summed E-state index contributed by atoms with van der Waals surface area (Å²) in [6.07, 6.45) is 2.50. The van der Waals surface area contributed by atoms with Gasteiger partial charge in [0.15, 0.2) is 5.78 Å². The quantitative estimate of drug-likeness (QED) is 0.524. The third kappa shape index (κ3) is 7.78. The third-order valence-electron chi connectivity index (χ3n) is 2.46. The van der Waals surface area contributed by atoms with Gasteiger partial charge in [0, 0.05) is 0 Å². The Labute approximate surface area is 108 Å². The Bertz CT molecular complexity index is 292. The van der Waals surface area contributed by atoms with E-state index in [2.05, 4.69) is 16.0 Å². The molecule has 0 radical (unpaired) electrons. The molecule has 104 valence electrons. The summed E-state index contributed by atoms with van der Waals surface area (Å²) < 4.78 is 0. The van der Waals surface area contributed by atoms with E-state index in [-0.39, 0.29) is 30.7 Å². The van der Waals surface area contributed by atoms with Crippen molar-refractivity contribution in [2.75, 3.05) is 20.1 Å². The van der Waals surface area contributed by atoms with E-state index in [1.165, 1.54) is 6.92 Å². The molecule has 0 aromatic carbocycles. The van der Waals surface area contributed by atoms with E-state index in [9.17, 15) is 14.4 Å². The van der Waals surface area contributed by atoms with Crippen molar-refractivity contribution >= 4 is 17.6 Å². The van der Waals surface area contributed by atoms with E-state index < -0.39 is 6.04 Å². The van der Waals surface area contributed by atoms with Gasteiger partial charge in [-0.15, -0.1) is 0 Å². The van der Waals surface area contributed by atoms with Crippen LogP contribution < -0.4 is 16.0 Å². The largest absolute Gasteiger partial charge is 0.346 e. The molecule has 1 unspecified atom stereocenters. The standard InChI is InChI=1S/C12H23N3O3/c1-4-5-6-10(9(2)16)15-12(18)8-14-11(17)7-13-3/h10,13H,4-8H2,1-3H3,(H,14,17)(H,15,18). The van der Waals surface area contributed by atoms with Crippen LogP contribution in [0.15, 0.2) is 0 Å². The summed E-state index contributed by atoms with van der Waals surface area (Å²) in [5.74, 6) is -0.644. The van der Waals surface area contributed by atoms with Crippen LogP contribution in [0.3, 0.4) is 0 Å². The number of Topliss-reactive ketones (excluding diaryl/α,β-unsaturated/α-hetero) is 1. The molecule has 2 amide bonds. The highest BCUT2D eigenvalue weighted by atomic mass is 16.2. The summed E-state index contributed by atoms with van der Waals surface area (Å²) in [5.41, 5.74) is 0. The summed E-state index contributed by atoms with van der Waals surface area (Å²) >= 11 is 0. The average molecular weight is 257 g/mol. The van der Waals surface area contributed by atoms with Crippen molar-refractivity contribution < 1.29 is 14.4 Å². The third-order valence-corrected chi connectivity index (χ3v) is 2.46. The Morgan fingerprint density at radius 1 is 1.11 bits per heavy atom. The molecule has 0 aliphatic carbocycles. The molecule has 1 atom stereocenters. The highest BCUT2D eigenvalue weighted by Gasteiger charge is 2.16. The number of hydrogen-bond donors (Lipinski definition) is 3. The van der Waals surface area contributed by atoms with Crippen LogP contribution in [0.5, 0.6) is 0 Å². The average Bonchev–Trinajstić information content (AvgIpc) is 2.32. The fourth-order valence-electron chi connectivity index (χ4n) is 1.43. The minimum atomic E-state index is -0.446. The van der Waals surface area contributed by atoms with E-state index in [0.29, 0.717) is 6.42 Å². The summed E-state index contributed by atoms with van der Waals surface area (Å²) in [4.78, 5) is 34.0. The number of likely N-dealkylation sites (N-methyl/N-ethyl adjacent to an activating group) is 1. The molecular weight excluding hydrogens is 234 g/mol. The van der Waals surface area contributed by atoms with E-state index in [4.69, 9.17) is 0 Å². The van der Waals surface area contributed by atoms with Crippen molar-refractivity contribution in [2.24, 2.45) is 0 Å². The van der Waals surface area contributed by atoms with E-state index in [0.717, 1.165) is 12.8 Å². The van der Waals surface area contributed by atoms with Crippen LogP contribution in [0.4, 0.5) is 0 Å². The lowest BCUT2D eigenvalue weighted by atomic mass is 10.1. The second kappa shape index (κ2) is 9.58. The molecule has 0 aromatic heterocycles. The highest BCUT2D eigenvalue weighted by molar-refractivity contribution is 5.90. The number of hydrogen-bond acceptors (Lipinski definition) is 4. The predicted molar refractivity (Wildman–Crippen MR) is 69.1 cm³/mol. The predicted octanol–water partition coefficient (Wildman–Crippen LogP) is -0.414. The van der Waals surface area contributed by atoms with Crippen LogP contribution in [0, 0.1) is 0 Å². The zero-order valence-corrected chi connectivity index (χ0v) is 11.3. The van der Waals surface area contributed by atoms with Gasteiger partial charge in [0.25, 0.3) is 0 Å². The van der Waals surface area contributed by atoms with Crippen molar-refractivity contribution in [3.8, 4) is 0 Å². The van der Waals surface area contributed by atoms with Crippen LogP contribution in [-0.2, 0) is 14.4 Å². The monoisotopic (exact) mass is 257 g/mol. The minimum absolute atomic E-state index is 0.0571. The zero-order chi connectivity index (χ0) is 14.0. The molecule has 0 heterocycles. The summed E-state index contributed by atoms with van der Waals surface area (Å²) in [7, 11) is 1.65. The maximum absolute atomic E-state index is 11.5. The molecule has 0 aliphatic heterocycles. The first-order valence-electron chi connectivity index (χ1n) is 6.22. The number of ketones is 1. The maximum atomic E-state index is 11.5. The topological polar surface area (TPSA) is 87.3 Å². The highest BCUT2D eigenvalue weighted by Crippen LogP contribution is 2.01. The van der Waals surface area contributed by atoms with Gasteiger partial charge in [-0.05, 0) is 20.4 Å². The first-order valence-corrected chi connectivity index (χ1v) is 6.22. The Hall–Kier alpha value is -1.43. The maximum Gasteiger partial charge on any atom is 0.239 e. The van der Waals surface area contributed by atoms with Gasteiger partial charge in [-0.3, -0.25) is 14.4 Å². The molecule has 18 heavy (non-hydrogen) atoms.